The second-order valence-electron chi connectivity index (χ2n) is 13.2. The molecule has 1 aromatic heterocycles. The van der Waals surface area contributed by atoms with E-state index in [9.17, 15) is 24.3 Å². The minimum absolute atomic E-state index is 0.0467. The molecule has 0 amide bonds. The molecular formula is C29H40O11. The number of furan rings is 1. The number of hydrogen-bond acceptors (Lipinski definition) is 11. The van der Waals surface area contributed by atoms with Gasteiger partial charge in [-0.1, -0.05) is 0 Å². The van der Waals surface area contributed by atoms with Crippen LogP contribution in [0.25, 0.3) is 0 Å². The molecule has 222 valence electrons. The van der Waals surface area contributed by atoms with Crippen molar-refractivity contribution in [1.29, 1.82) is 0 Å². The molecule has 1 aromatic rings. The van der Waals surface area contributed by atoms with Gasteiger partial charge in [-0.15, -0.1) is 0 Å². The molecule has 11 heteroatoms. The molecule has 1 saturated heterocycles. The van der Waals surface area contributed by atoms with E-state index < -0.39 is 81.8 Å². The molecule has 1 spiro atoms. The van der Waals surface area contributed by atoms with E-state index in [2.05, 4.69) is 0 Å². The third kappa shape index (κ3) is 4.51. The molecule has 2 bridgehead atoms. The number of aliphatic hydroxyl groups is 1. The Morgan fingerprint density at radius 1 is 0.950 bits per heavy atom. The lowest BCUT2D eigenvalue weighted by molar-refractivity contribution is -0.345. The number of ether oxygens (including phenoxy) is 5. The van der Waals surface area contributed by atoms with Crippen molar-refractivity contribution in [1.82, 2.24) is 0 Å². The van der Waals surface area contributed by atoms with Gasteiger partial charge in [0, 0.05) is 26.2 Å². The van der Waals surface area contributed by atoms with Gasteiger partial charge in [0.05, 0.1) is 28.3 Å². The molecule has 3 aliphatic rings. The molecule has 40 heavy (non-hydrogen) atoms. The highest BCUT2D eigenvalue weighted by Crippen LogP contribution is 2.69. The summed E-state index contributed by atoms with van der Waals surface area (Å²) < 4.78 is 35.8. The summed E-state index contributed by atoms with van der Waals surface area (Å²) in [5.74, 6) is -3.20. The van der Waals surface area contributed by atoms with Crippen molar-refractivity contribution in [2.75, 3.05) is 0 Å². The van der Waals surface area contributed by atoms with Crippen LogP contribution in [0.1, 0.15) is 85.7 Å². The first-order chi connectivity index (χ1) is 18.3. The Morgan fingerprint density at radius 2 is 1.57 bits per heavy atom. The lowest BCUT2D eigenvalue weighted by atomic mass is 9.47. The van der Waals surface area contributed by atoms with Crippen molar-refractivity contribution < 1.29 is 52.4 Å². The van der Waals surface area contributed by atoms with E-state index in [1.165, 1.54) is 33.1 Å². The van der Waals surface area contributed by atoms with Crippen molar-refractivity contribution in [2.45, 2.75) is 116 Å². The molecule has 2 heterocycles. The average molecular weight is 565 g/mol. The fourth-order valence-corrected chi connectivity index (χ4v) is 7.07. The maximum atomic E-state index is 13.3. The maximum absolute atomic E-state index is 13.3. The summed E-state index contributed by atoms with van der Waals surface area (Å²) in [4.78, 5) is 51.2. The zero-order valence-electron chi connectivity index (χ0n) is 24.6. The van der Waals surface area contributed by atoms with Crippen LogP contribution in [0.5, 0.6) is 0 Å². The quantitative estimate of drug-likeness (QED) is 0.415. The highest BCUT2D eigenvalue weighted by molar-refractivity contribution is 5.86. The second kappa shape index (κ2) is 9.58. The smallest absolute Gasteiger partial charge is 0.374 e. The molecule has 2 saturated carbocycles. The minimum Gasteiger partial charge on any atom is -0.458 e. The van der Waals surface area contributed by atoms with Crippen LogP contribution in [-0.4, -0.2) is 70.2 Å². The highest BCUT2D eigenvalue weighted by Gasteiger charge is 2.84. The lowest BCUT2D eigenvalue weighted by Gasteiger charge is -2.65. The third-order valence-electron chi connectivity index (χ3n) is 8.78. The first-order valence-corrected chi connectivity index (χ1v) is 13.5. The Hall–Kier alpha value is -2.92. The highest BCUT2D eigenvalue weighted by atomic mass is 16.6. The second-order valence-corrected chi connectivity index (χ2v) is 13.2. The Bertz CT molecular complexity index is 1180. The number of carbonyl (C=O) groups excluding carboxylic acids is 4. The Morgan fingerprint density at radius 3 is 2.10 bits per heavy atom. The topological polar surface area (TPSA) is 148 Å². The fraction of sp³-hybridized carbons (Fsp3) is 0.724. The Labute approximate surface area is 233 Å². The van der Waals surface area contributed by atoms with Crippen LogP contribution < -0.4 is 0 Å². The molecule has 2 aliphatic carbocycles. The van der Waals surface area contributed by atoms with Crippen molar-refractivity contribution >= 4 is 23.9 Å². The summed E-state index contributed by atoms with van der Waals surface area (Å²) >= 11 is 0. The Balaban J connectivity index is 1.96. The summed E-state index contributed by atoms with van der Waals surface area (Å²) in [5.41, 5.74) is -7.00. The first-order valence-electron chi connectivity index (χ1n) is 13.5. The lowest BCUT2D eigenvalue weighted by Crippen LogP contribution is -2.81. The predicted octanol–water partition coefficient (Wildman–Crippen LogP) is 3.35. The van der Waals surface area contributed by atoms with Gasteiger partial charge in [-0.25, -0.2) is 4.79 Å². The van der Waals surface area contributed by atoms with Crippen LogP contribution in [-0.2, 0) is 38.1 Å². The van der Waals surface area contributed by atoms with E-state index in [1.54, 1.807) is 33.8 Å². The SMILES string of the molecule is CC(=O)O[C@H]1C[C@@](C)(O)[C@]23OC(C)(C)[C@H](C[C@H](OC(=O)c4ccco4)[C@]2(C)[C@H]1OC(C)=O)[C@H]3OC(=O)C(C)(C)C. The van der Waals surface area contributed by atoms with E-state index in [4.69, 9.17) is 28.1 Å². The van der Waals surface area contributed by atoms with E-state index in [0.717, 1.165) is 0 Å². The normalized spacial score (nSPS) is 38.1. The van der Waals surface area contributed by atoms with E-state index in [0.29, 0.717) is 0 Å². The van der Waals surface area contributed by atoms with Gasteiger partial charge in [-0.3, -0.25) is 14.4 Å². The summed E-state index contributed by atoms with van der Waals surface area (Å²) in [6.07, 6.45) is -3.18. The van der Waals surface area contributed by atoms with Gasteiger partial charge in [0.2, 0.25) is 5.76 Å². The standard InChI is InChI=1S/C29H40O11/c1-15(30)36-19-14-27(8,34)29-21(39-24(33)25(3,4)5)17(26(6,7)40-29)13-20(28(29,9)22(19)37-16(2)31)38-23(32)18-11-10-12-35-18/h10-12,17,19-22,34H,13-14H2,1-9H3/t17-,19+,20+,21-,22+,27-,28-,29+/m1/s1. The molecule has 1 aliphatic heterocycles. The van der Waals surface area contributed by atoms with Crippen molar-refractivity contribution in [3.05, 3.63) is 24.2 Å². The number of hydrogen-bond donors (Lipinski definition) is 1. The van der Waals surface area contributed by atoms with Gasteiger partial charge in [-0.05, 0) is 67.0 Å². The average Bonchev–Trinajstić information content (AvgIpc) is 3.39. The number of rotatable bonds is 5. The van der Waals surface area contributed by atoms with E-state index >= 15 is 0 Å². The van der Waals surface area contributed by atoms with Crippen molar-refractivity contribution in [2.24, 2.45) is 16.7 Å². The largest absolute Gasteiger partial charge is 0.458 e. The van der Waals surface area contributed by atoms with Crippen molar-refractivity contribution in [3.8, 4) is 0 Å². The van der Waals surface area contributed by atoms with Gasteiger partial charge in [0.1, 0.15) is 23.9 Å². The summed E-state index contributed by atoms with van der Waals surface area (Å²) in [5, 5.41) is 12.3. The van der Waals surface area contributed by atoms with E-state index in [-0.39, 0.29) is 18.6 Å². The summed E-state index contributed by atoms with van der Waals surface area (Å²) in [7, 11) is 0. The molecule has 4 rings (SSSR count). The molecule has 11 nitrogen and oxygen atoms in total. The van der Waals surface area contributed by atoms with Crippen LogP contribution in [0.4, 0.5) is 0 Å². The van der Waals surface area contributed by atoms with Gasteiger partial charge in [0.25, 0.3) is 0 Å². The summed E-state index contributed by atoms with van der Waals surface area (Å²) in [6.45, 7) is 14.4. The molecule has 0 radical (unpaired) electrons. The number of carbonyl (C=O) groups is 4. The molecule has 0 unspecified atom stereocenters. The fourth-order valence-electron chi connectivity index (χ4n) is 7.07. The van der Waals surface area contributed by atoms with Gasteiger partial charge in [-0.2, -0.15) is 0 Å². The van der Waals surface area contributed by atoms with Gasteiger partial charge >= 0.3 is 23.9 Å². The molecule has 1 N–H and O–H groups in total. The van der Waals surface area contributed by atoms with Crippen LogP contribution in [0.15, 0.2) is 22.8 Å². The monoisotopic (exact) mass is 564 g/mol. The van der Waals surface area contributed by atoms with Gasteiger partial charge in [0.15, 0.2) is 6.10 Å². The zero-order chi connectivity index (χ0) is 30.1. The van der Waals surface area contributed by atoms with Crippen LogP contribution in [0, 0.1) is 16.7 Å². The number of esters is 4. The van der Waals surface area contributed by atoms with Crippen LogP contribution in [0.2, 0.25) is 0 Å². The Kier molecular flexibility index (Phi) is 7.20. The molecule has 8 atom stereocenters. The molecular weight excluding hydrogens is 524 g/mol. The minimum atomic E-state index is -1.82. The van der Waals surface area contributed by atoms with Crippen molar-refractivity contribution in [3.63, 3.8) is 0 Å². The van der Waals surface area contributed by atoms with Crippen LogP contribution in [0.3, 0.4) is 0 Å². The molecule has 3 fully saturated rings. The third-order valence-corrected chi connectivity index (χ3v) is 8.78. The zero-order valence-corrected chi connectivity index (χ0v) is 24.6. The number of fused-ring (bicyclic) bond motifs is 1. The van der Waals surface area contributed by atoms with Crippen LogP contribution >= 0.6 is 0 Å². The van der Waals surface area contributed by atoms with Gasteiger partial charge < -0.3 is 33.2 Å². The first kappa shape index (κ1) is 30.0. The molecule has 0 aromatic carbocycles. The van der Waals surface area contributed by atoms with E-state index in [1.807, 2.05) is 13.8 Å². The predicted molar refractivity (Wildman–Crippen MR) is 138 cm³/mol. The summed E-state index contributed by atoms with van der Waals surface area (Å²) in [6, 6.07) is 3.00. The maximum Gasteiger partial charge on any atom is 0.374 e.